The number of nitrogens with zero attached hydrogens (tertiary/aromatic N) is 3. The van der Waals surface area contributed by atoms with Crippen LogP contribution in [0.15, 0.2) is 0 Å². The summed E-state index contributed by atoms with van der Waals surface area (Å²) in [5, 5.41) is 0. The maximum absolute atomic E-state index is 12.4. The third-order valence-corrected chi connectivity index (χ3v) is 7.63. The summed E-state index contributed by atoms with van der Waals surface area (Å²) < 4.78 is 73.4. The van der Waals surface area contributed by atoms with E-state index in [1.165, 1.54) is 89.0 Å². The van der Waals surface area contributed by atoms with Crippen molar-refractivity contribution in [1.29, 1.82) is 0 Å². The van der Waals surface area contributed by atoms with Gasteiger partial charge in [0.1, 0.15) is 6.04 Å². The number of carbonyl (C=O) groups is 3. The van der Waals surface area contributed by atoms with Crippen LogP contribution in [0.4, 0.5) is 13.2 Å². The van der Waals surface area contributed by atoms with Gasteiger partial charge in [-0.3, -0.25) is 14.1 Å². The van der Waals surface area contributed by atoms with Crippen LogP contribution < -0.4 is 0 Å². The molecule has 0 aromatic carbocycles. The lowest BCUT2D eigenvalue weighted by molar-refractivity contribution is -0.929. The molecular formula is C25H47F3N3O7S+. The van der Waals surface area contributed by atoms with Gasteiger partial charge in [0, 0.05) is 7.05 Å². The van der Waals surface area contributed by atoms with E-state index >= 15 is 0 Å². The molecule has 230 valence electrons. The summed E-state index contributed by atoms with van der Waals surface area (Å²) in [6, 6.07) is -4.13. The molecule has 0 aromatic rings. The molecule has 1 fully saturated rings. The zero-order valence-electron chi connectivity index (χ0n) is 24.1. The zero-order chi connectivity index (χ0) is 30.4. The number of amides is 2. The second-order valence-electron chi connectivity index (χ2n) is 9.82. The predicted octanol–water partition coefficient (Wildman–Crippen LogP) is 3.96. The summed E-state index contributed by atoms with van der Waals surface area (Å²) in [7, 11) is -4.62. The van der Waals surface area contributed by atoms with E-state index in [1.54, 1.807) is 0 Å². The van der Waals surface area contributed by atoms with Gasteiger partial charge in [-0.25, -0.2) is 4.79 Å². The molecule has 1 rings (SSSR count). The highest BCUT2D eigenvalue weighted by Crippen LogP contribution is 2.31. The molecule has 0 aromatic heterocycles. The molecule has 0 aliphatic carbocycles. The van der Waals surface area contributed by atoms with Crippen LogP contribution in [0.5, 0.6) is 0 Å². The van der Waals surface area contributed by atoms with Gasteiger partial charge in [0.05, 0.1) is 32.8 Å². The smallest absolute Gasteiger partial charge is 0.464 e. The molecule has 1 saturated heterocycles. The lowest BCUT2D eigenvalue weighted by Crippen LogP contribution is -2.75. The number of halogens is 3. The Balaban J connectivity index is 0.000000768. The van der Waals surface area contributed by atoms with Crippen molar-refractivity contribution >= 4 is 28.1 Å². The molecule has 0 bridgehead atoms. The average Bonchev–Trinajstić information content (AvgIpc) is 2.84. The van der Waals surface area contributed by atoms with Crippen molar-refractivity contribution in [2.45, 2.75) is 104 Å². The highest BCUT2D eigenvalue weighted by atomic mass is 32.2. The maximum atomic E-state index is 12.4. The number of carbonyl (C=O) groups excluding carboxylic acids is 3. The highest BCUT2D eigenvalue weighted by Gasteiger charge is 2.62. The molecule has 2 amide bonds. The Kier molecular flexibility index (Phi) is 16.2. The third-order valence-electron chi connectivity index (χ3n) is 6.72. The van der Waals surface area contributed by atoms with Crippen LogP contribution in [0.1, 0.15) is 86.0 Å². The first-order chi connectivity index (χ1) is 18.1. The third kappa shape index (κ3) is 11.2. The number of alkyl halides is 3. The van der Waals surface area contributed by atoms with Crippen LogP contribution in [0, 0.1) is 0 Å². The first-order valence-corrected chi connectivity index (χ1v) is 15.1. The normalized spacial score (nSPS) is 17.7. The minimum Gasteiger partial charge on any atom is -0.464 e. The molecule has 0 spiro atoms. The van der Waals surface area contributed by atoms with Crippen molar-refractivity contribution < 1.29 is 49.7 Å². The van der Waals surface area contributed by atoms with Gasteiger partial charge < -0.3 is 14.1 Å². The number of hydrogen-bond donors (Lipinski definition) is 1. The van der Waals surface area contributed by atoms with Crippen molar-refractivity contribution in [2.24, 2.45) is 0 Å². The number of β-lactam (4-membered cyclic amide) rings is 1. The molecule has 0 radical (unpaired) electrons. The topological polar surface area (TPSA) is 121 Å². The minimum absolute atomic E-state index is 0.119. The Morgan fingerprint density at radius 3 is 1.59 bits per heavy atom. The van der Waals surface area contributed by atoms with Crippen molar-refractivity contribution in [1.82, 2.24) is 9.21 Å². The monoisotopic (exact) mass is 590 g/mol. The van der Waals surface area contributed by atoms with E-state index in [1.807, 2.05) is 0 Å². The van der Waals surface area contributed by atoms with Crippen molar-refractivity contribution in [3.05, 3.63) is 0 Å². The molecule has 14 heteroatoms. The van der Waals surface area contributed by atoms with Crippen molar-refractivity contribution in [3.63, 3.8) is 0 Å². The summed E-state index contributed by atoms with van der Waals surface area (Å²) in [6.45, 7) is 16.1. The summed E-state index contributed by atoms with van der Waals surface area (Å²) in [5.74, 6) is -5.37. The fourth-order valence-electron chi connectivity index (χ4n) is 4.51. The average molecular weight is 591 g/mol. The number of rotatable bonds is 16. The van der Waals surface area contributed by atoms with Gasteiger partial charge in [-0.05, 0) is 32.6 Å². The number of hydrogen-bond acceptors (Lipinski definition) is 6. The van der Waals surface area contributed by atoms with Crippen LogP contribution in [0.25, 0.3) is 0 Å². The summed E-state index contributed by atoms with van der Waals surface area (Å²) in [4.78, 5) is 34.2. The van der Waals surface area contributed by atoms with Gasteiger partial charge in [-0.15, -0.1) is 0 Å². The first-order valence-electron chi connectivity index (χ1n) is 13.7. The maximum Gasteiger partial charge on any atom is 0.471 e. The van der Waals surface area contributed by atoms with E-state index in [9.17, 15) is 36.0 Å². The Hall–Kier alpha value is -1.93. The number of ether oxygens (including phenoxy) is 1. The Morgan fingerprint density at radius 1 is 0.923 bits per heavy atom. The molecule has 2 atom stereocenters. The van der Waals surface area contributed by atoms with E-state index < -0.39 is 46.3 Å². The van der Waals surface area contributed by atoms with Crippen LogP contribution in [-0.2, 0) is 29.4 Å². The second-order valence-corrected chi connectivity index (χ2v) is 11.1. The number of esters is 1. The van der Waals surface area contributed by atoms with E-state index in [2.05, 4.69) is 32.4 Å². The molecular weight excluding hydrogens is 543 g/mol. The number of quaternary nitrogens is 1. The van der Waals surface area contributed by atoms with E-state index in [4.69, 9.17) is 4.55 Å². The summed E-state index contributed by atoms with van der Waals surface area (Å²) in [6.07, 6.45) is 5.73. The van der Waals surface area contributed by atoms with Crippen molar-refractivity contribution in [2.75, 3.05) is 39.8 Å². The molecule has 1 N–H and O–H groups in total. The molecule has 39 heavy (non-hydrogen) atoms. The second kappa shape index (κ2) is 17.0. The molecule has 1 heterocycles. The molecule has 10 nitrogen and oxygen atoms in total. The quantitative estimate of drug-likeness (QED) is 0.125. The van der Waals surface area contributed by atoms with Gasteiger partial charge in [0.25, 0.3) is 5.91 Å². The molecule has 0 saturated carbocycles. The Bertz CT molecular complexity index is 847. The predicted molar refractivity (Wildman–Crippen MR) is 141 cm³/mol. The van der Waals surface area contributed by atoms with Crippen LogP contribution >= 0.6 is 0 Å². The fraction of sp³-hybridized carbons (Fsp3) is 0.880. The van der Waals surface area contributed by atoms with Crippen molar-refractivity contribution in [3.8, 4) is 0 Å². The van der Waals surface area contributed by atoms with Gasteiger partial charge in [-0.1, -0.05) is 53.4 Å². The van der Waals surface area contributed by atoms with Crippen LogP contribution in [-0.4, -0.2) is 103 Å². The van der Waals surface area contributed by atoms with Crippen LogP contribution in [0.2, 0.25) is 0 Å². The number of likely N-dealkylation sites (N-methyl/N-ethyl adjacent to an activating group) is 1. The van der Waals surface area contributed by atoms with E-state index in [0.29, 0.717) is 7.05 Å². The largest absolute Gasteiger partial charge is 0.471 e. The van der Waals surface area contributed by atoms with Gasteiger partial charge in [0.15, 0.2) is 6.04 Å². The molecule has 1 aliphatic rings. The molecule has 2 unspecified atom stereocenters. The van der Waals surface area contributed by atoms with E-state index in [-0.39, 0.29) is 15.8 Å². The van der Waals surface area contributed by atoms with E-state index in [0.717, 1.165) is 0 Å². The molecule has 1 aliphatic heterocycles. The SMILES string of the molecule is CCCC[N+](CCCC)(CCCC)CCCC.CCOC(=O)C1C(N(C)C(=O)C(F)(F)F)C(=O)N1S(=O)(=O)O. The van der Waals surface area contributed by atoms with Gasteiger partial charge >= 0.3 is 28.4 Å². The highest BCUT2D eigenvalue weighted by molar-refractivity contribution is 7.84. The first kappa shape index (κ1) is 37.1. The Morgan fingerprint density at radius 2 is 1.31 bits per heavy atom. The summed E-state index contributed by atoms with van der Waals surface area (Å²) >= 11 is 0. The van der Waals surface area contributed by atoms with Crippen LogP contribution in [0.3, 0.4) is 0 Å². The van der Waals surface area contributed by atoms with Gasteiger partial charge in [-0.2, -0.15) is 25.9 Å². The lowest BCUT2D eigenvalue weighted by Gasteiger charge is -2.45. The summed E-state index contributed by atoms with van der Waals surface area (Å²) in [5.41, 5.74) is 0. The minimum atomic E-state index is -5.33. The zero-order valence-corrected chi connectivity index (χ0v) is 24.9. The lowest BCUT2D eigenvalue weighted by atomic mass is 9.97. The fourth-order valence-corrected chi connectivity index (χ4v) is 5.33. The van der Waals surface area contributed by atoms with Gasteiger partial charge in [0.2, 0.25) is 0 Å². The number of unbranched alkanes of at least 4 members (excludes halogenated alkanes) is 4. The Labute approximate surface area is 231 Å². The standard InChI is InChI=1S/C16H36N.C9H11F3N2O7S/c1-5-9-13-17(14-10-6-2,15-11-7-3)16-12-8-4;1-3-21-7(16)5-4(6(15)14(5)22(18,19)20)13(2)8(17)9(10,11)12/h5-16H2,1-4H3;4-5H,3H2,1-2H3,(H,18,19,20)/q+1;.